The molecule has 0 spiro atoms. The van der Waals surface area contributed by atoms with E-state index in [-0.39, 0.29) is 30.2 Å². The largest absolute Gasteiger partial charge is 0.384 e. The highest BCUT2D eigenvalue weighted by Gasteiger charge is 2.54. The van der Waals surface area contributed by atoms with E-state index in [1.165, 1.54) is 5.56 Å². The number of imidazole rings is 1. The average molecular weight is 480 g/mol. The zero-order valence-corrected chi connectivity index (χ0v) is 20.7. The Hall–Kier alpha value is -2.82. The number of hydrogen-bond acceptors (Lipinski definition) is 9. The summed E-state index contributed by atoms with van der Waals surface area (Å²) in [5.41, 5.74) is 2.76. The van der Waals surface area contributed by atoms with Crippen LogP contribution >= 0.6 is 0 Å². The molecular weight excluding hydrogens is 446 g/mol. The Morgan fingerprint density at radius 2 is 2.00 bits per heavy atom. The molecule has 2 saturated heterocycles. The van der Waals surface area contributed by atoms with Crippen molar-refractivity contribution in [1.82, 2.24) is 24.5 Å². The van der Waals surface area contributed by atoms with Gasteiger partial charge in [0.25, 0.3) is 0 Å². The van der Waals surface area contributed by atoms with E-state index in [1.54, 1.807) is 13.4 Å². The van der Waals surface area contributed by atoms with Gasteiger partial charge in [-0.2, -0.15) is 0 Å². The molecule has 1 aliphatic carbocycles. The number of hydrogen-bond donors (Lipinski definition) is 1. The lowest BCUT2D eigenvalue weighted by Crippen LogP contribution is -2.28. The van der Waals surface area contributed by atoms with Crippen LogP contribution in [0.4, 0.5) is 11.6 Å². The molecule has 2 aliphatic heterocycles. The first-order valence-electron chi connectivity index (χ1n) is 12.4. The standard InChI is InChI=1S/C25H33N7O3/c1-15-5-6-19(26-10-15)31-8-7-17(11-31)30-23-20-24(28-13-27-23)32(14-29-20)18-9-16(12-33-4)21-22(18)35-25(2,3)34-21/h5-6,10,13-14,16-18,21-22H,7-9,11-12H2,1-4H3,(H,27,28,30)/t16-,17+,18-,21-,22+/m1/s1. The fourth-order valence-electron chi connectivity index (χ4n) is 5.83. The number of fused-ring (bicyclic) bond motifs is 2. The first-order chi connectivity index (χ1) is 16.9. The lowest BCUT2D eigenvalue weighted by atomic mass is 10.1. The molecule has 5 atom stereocenters. The van der Waals surface area contributed by atoms with Crippen LogP contribution in [0.15, 0.2) is 31.0 Å². The van der Waals surface area contributed by atoms with E-state index in [1.807, 2.05) is 26.4 Å². The molecule has 3 aliphatic rings. The van der Waals surface area contributed by atoms with Crippen molar-refractivity contribution in [3.63, 3.8) is 0 Å². The smallest absolute Gasteiger partial charge is 0.165 e. The van der Waals surface area contributed by atoms with E-state index < -0.39 is 5.79 Å². The molecule has 1 N–H and O–H groups in total. The summed E-state index contributed by atoms with van der Waals surface area (Å²) in [7, 11) is 1.74. The third kappa shape index (κ3) is 4.13. The molecule has 0 radical (unpaired) electrons. The van der Waals surface area contributed by atoms with Gasteiger partial charge in [0, 0.05) is 38.4 Å². The number of methoxy groups -OCH3 is 1. The molecule has 0 amide bonds. The molecule has 3 aromatic rings. The number of pyridine rings is 1. The van der Waals surface area contributed by atoms with Gasteiger partial charge in [0.05, 0.1) is 25.1 Å². The van der Waals surface area contributed by atoms with Crippen molar-refractivity contribution in [1.29, 1.82) is 0 Å². The second-order valence-corrected chi connectivity index (χ2v) is 10.4. The molecule has 3 aromatic heterocycles. The molecule has 3 fully saturated rings. The summed E-state index contributed by atoms with van der Waals surface area (Å²) in [5, 5.41) is 3.62. The predicted octanol–water partition coefficient (Wildman–Crippen LogP) is 2.95. The number of anilines is 2. The van der Waals surface area contributed by atoms with Gasteiger partial charge >= 0.3 is 0 Å². The Morgan fingerprint density at radius 3 is 2.80 bits per heavy atom. The van der Waals surface area contributed by atoms with E-state index in [2.05, 4.69) is 48.8 Å². The Balaban J connectivity index is 1.22. The van der Waals surface area contributed by atoms with Crippen molar-refractivity contribution in [2.75, 3.05) is 37.0 Å². The summed E-state index contributed by atoms with van der Waals surface area (Å²) in [4.78, 5) is 20.8. The van der Waals surface area contributed by atoms with Crippen molar-refractivity contribution >= 4 is 22.8 Å². The maximum Gasteiger partial charge on any atom is 0.165 e. The van der Waals surface area contributed by atoms with Crippen LogP contribution in [0.25, 0.3) is 11.2 Å². The van der Waals surface area contributed by atoms with Gasteiger partial charge in [-0.15, -0.1) is 0 Å². The number of aryl methyl sites for hydroxylation is 1. The van der Waals surface area contributed by atoms with Gasteiger partial charge in [-0.05, 0) is 45.2 Å². The maximum absolute atomic E-state index is 6.34. The first-order valence-corrected chi connectivity index (χ1v) is 12.4. The maximum atomic E-state index is 6.34. The van der Waals surface area contributed by atoms with E-state index >= 15 is 0 Å². The van der Waals surface area contributed by atoms with Gasteiger partial charge in [-0.3, -0.25) is 0 Å². The van der Waals surface area contributed by atoms with Crippen molar-refractivity contribution in [2.24, 2.45) is 5.92 Å². The second kappa shape index (κ2) is 8.69. The topological polar surface area (TPSA) is 99.5 Å². The molecule has 10 nitrogen and oxygen atoms in total. The Labute approximate surface area is 205 Å². The quantitative estimate of drug-likeness (QED) is 0.572. The number of aromatic nitrogens is 5. The molecule has 5 heterocycles. The van der Waals surface area contributed by atoms with E-state index in [4.69, 9.17) is 19.2 Å². The zero-order valence-electron chi connectivity index (χ0n) is 20.7. The second-order valence-electron chi connectivity index (χ2n) is 10.4. The van der Waals surface area contributed by atoms with Crippen LogP contribution < -0.4 is 10.2 Å². The van der Waals surface area contributed by atoms with E-state index in [0.29, 0.717) is 6.61 Å². The van der Waals surface area contributed by atoms with Crippen molar-refractivity contribution in [3.05, 3.63) is 36.5 Å². The van der Waals surface area contributed by atoms with Crippen molar-refractivity contribution in [2.45, 2.75) is 63.7 Å². The van der Waals surface area contributed by atoms with E-state index in [0.717, 1.165) is 48.7 Å². The first kappa shape index (κ1) is 22.6. The highest BCUT2D eigenvalue weighted by Crippen LogP contribution is 2.47. The highest BCUT2D eigenvalue weighted by atomic mass is 16.8. The SMILES string of the molecule is COC[C@H]1C[C@@H](n2cnc3c(N[C@H]4CCN(c5ccc(C)cn5)C4)ncnc32)[C@@H]2OC(C)(C)O[C@H]12. The lowest BCUT2D eigenvalue weighted by Gasteiger charge is -2.24. The molecule has 0 bridgehead atoms. The van der Waals surface area contributed by atoms with Crippen LogP contribution in [0.5, 0.6) is 0 Å². The van der Waals surface area contributed by atoms with Gasteiger partial charge in [-0.1, -0.05) is 6.07 Å². The van der Waals surface area contributed by atoms with Crippen LogP contribution in [0.3, 0.4) is 0 Å². The number of nitrogens with one attached hydrogen (secondary N) is 1. The third-order valence-corrected chi connectivity index (χ3v) is 7.40. The number of ether oxygens (including phenoxy) is 3. The molecular formula is C25H33N7O3. The molecule has 35 heavy (non-hydrogen) atoms. The summed E-state index contributed by atoms with van der Waals surface area (Å²) >= 11 is 0. The van der Waals surface area contributed by atoms with Crippen molar-refractivity contribution < 1.29 is 14.2 Å². The normalized spacial score (nSPS) is 29.7. The Bertz CT molecular complexity index is 1200. The average Bonchev–Trinajstić information content (AvgIpc) is 3.59. The van der Waals surface area contributed by atoms with Crippen LogP contribution in [-0.2, 0) is 14.2 Å². The van der Waals surface area contributed by atoms with Crippen LogP contribution in [-0.4, -0.2) is 75.3 Å². The minimum Gasteiger partial charge on any atom is -0.384 e. The Kier molecular flexibility index (Phi) is 5.62. The summed E-state index contributed by atoms with van der Waals surface area (Å²) in [6.45, 7) is 8.46. The number of rotatable bonds is 6. The zero-order chi connectivity index (χ0) is 24.2. The molecule has 0 unspecified atom stereocenters. The van der Waals surface area contributed by atoms with Gasteiger partial charge in [-0.25, -0.2) is 19.9 Å². The summed E-state index contributed by atoms with van der Waals surface area (Å²) in [5.74, 6) is 1.43. The minimum atomic E-state index is -0.612. The summed E-state index contributed by atoms with van der Waals surface area (Å²) in [6, 6.07) is 4.53. The summed E-state index contributed by atoms with van der Waals surface area (Å²) < 4.78 is 20.2. The fourth-order valence-corrected chi connectivity index (χ4v) is 5.83. The minimum absolute atomic E-state index is 0.00770. The van der Waals surface area contributed by atoms with Gasteiger partial charge in [0.2, 0.25) is 0 Å². The third-order valence-electron chi connectivity index (χ3n) is 7.40. The molecule has 0 aromatic carbocycles. The molecule has 1 saturated carbocycles. The van der Waals surface area contributed by atoms with Gasteiger partial charge < -0.3 is 29.0 Å². The summed E-state index contributed by atoms with van der Waals surface area (Å²) in [6.07, 6.45) is 7.22. The Morgan fingerprint density at radius 1 is 1.14 bits per heavy atom. The van der Waals surface area contributed by atoms with Gasteiger partial charge in [0.1, 0.15) is 23.8 Å². The van der Waals surface area contributed by atoms with Crippen molar-refractivity contribution in [3.8, 4) is 0 Å². The predicted molar refractivity (Wildman–Crippen MR) is 131 cm³/mol. The van der Waals surface area contributed by atoms with Crippen LogP contribution in [0.1, 0.15) is 38.3 Å². The molecule has 6 rings (SSSR count). The number of nitrogens with zero attached hydrogens (tertiary/aromatic N) is 6. The van der Waals surface area contributed by atoms with E-state index in [9.17, 15) is 0 Å². The lowest BCUT2D eigenvalue weighted by molar-refractivity contribution is -0.162. The fraction of sp³-hybridized carbons (Fsp3) is 0.600. The molecule has 10 heteroatoms. The molecule has 186 valence electrons. The van der Waals surface area contributed by atoms with Crippen LogP contribution in [0, 0.1) is 12.8 Å². The van der Waals surface area contributed by atoms with Crippen LogP contribution in [0.2, 0.25) is 0 Å². The highest BCUT2D eigenvalue weighted by molar-refractivity contribution is 5.83. The van der Waals surface area contributed by atoms with Gasteiger partial charge in [0.15, 0.2) is 17.3 Å². The monoisotopic (exact) mass is 479 g/mol.